The summed E-state index contributed by atoms with van der Waals surface area (Å²) in [6.45, 7) is 6.82. The van der Waals surface area contributed by atoms with E-state index in [1.54, 1.807) is 24.5 Å². The van der Waals surface area contributed by atoms with Crippen LogP contribution in [0.1, 0.15) is 48.8 Å². The zero-order valence-corrected chi connectivity index (χ0v) is 17.7. The average molecular weight is 395 g/mol. The minimum atomic E-state index is -0.224. The third-order valence-electron chi connectivity index (χ3n) is 5.38. The molecular weight excluding hydrogens is 368 g/mol. The zero-order chi connectivity index (χ0) is 20.3. The molecule has 28 heavy (non-hydrogen) atoms. The Balaban J connectivity index is 1.73. The summed E-state index contributed by atoms with van der Waals surface area (Å²) in [4.78, 5) is 13.6. The van der Waals surface area contributed by atoms with Crippen LogP contribution in [-0.2, 0) is 17.6 Å². The molecule has 0 fully saturated rings. The molecule has 0 spiro atoms. The number of anilines is 1. The summed E-state index contributed by atoms with van der Waals surface area (Å²) in [5.41, 5.74) is 2.93. The van der Waals surface area contributed by atoms with E-state index in [0.29, 0.717) is 16.5 Å². The van der Waals surface area contributed by atoms with Crippen LogP contribution in [0.3, 0.4) is 0 Å². The van der Waals surface area contributed by atoms with Crippen LogP contribution in [-0.4, -0.2) is 13.0 Å². The van der Waals surface area contributed by atoms with Crippen molar-refractivity contribution in [1.82, 2.24) is 0 Å². The summed E-state index contributed by atoms with van der Waals surface area (Å²) in [7, 11) is 1.62. The van der Waals surface area contributed by atoms with Gasteiger partial charge in [-0.1, -0.05) is 32.9 Å². The molecule has 1 aromatic carbocycles. The first-order chi connectivity index (χ1) is 13.3. The second kappa shape index (κ2) is 8.20. The van der Waals surface area contributed by atoms with Gasteiger partial charge in [0.1, 0.15) is 16.8 Å². The first kappa shape index (κ1) is 20.2. The molecule has 0 saturated carbocycles. The number of amides is 1. The lowest BCUT2D eigenvalue weighted by atomic mass is 9.72. The van der Waals surface area contributed by atoms with Gasteiger partial charge in [-0.05, 0) is 59.9 Å². The molecule has 0 saturated heterocycles. The number of carbonyl (C=O) groups excluding carboxylic acids is 1. The molecule has 1 aliphatic rings. The number of ether oxygens (including phenoxy) is 1. The van der Waals surface area contributed by atoms with Crippen LogP contribution in [0.2, 0.25) is 0 Å². The number of rotatable bonds is 4. The van der Waals surface area contributed by atoms with Gasteiger partial charge < -0.3 is 10.1 Å². The number of thiophene rings is 1. The molecule has 1 aromatic heterocycles. The van der Waals surface area contributed by atoms with E-state index < -0.39 is 0 Å². The molecule has 0 aliphatic heterocycles. The fourth-order valence-electron chi connectivity index (χ4n) is 3.57. The standard InChI is InChI=1S/C23H26N2O2S/c1-23(2,3)16-8-11-18-19(14-24)22(28-20(18)13-16)25-21(26)12-7-15-5-9-17(27-4)10-6-15/h5-7,9-10,12,16H,8,11,13H2,1-4H3,(H,25,26)/b12-7+. The van der Waals surface area contributed by atoms with Crippen molar-refractivity contribution in [1.29, 1.82) is 5.26 Å². The van der Waals surface area contributed by atoms with Crippen LogP contribution in [0.5, 0.6) is 5.75 Å². The van der Waals surface area contributed by atoms with Crippen LogP contribution < -0.4 is 10.1 Å². The highest BCUT2D eigenvalue weighted by Gasteiger charge is 2.32. The Morgan fingerprint density at radius 3 is 2.64 bits per heavy atom. The lowest BCUT2D eigenvalue weighted by molar-refractivity contribution is -0.111. The Kier molecular flexibility index (Phi) is 5.90. The number of nitrogens with zero attached hydrogens (tertiary/aromatic N) is 1. The van der Waals surface area contributed by atoms with Crippen LogP contribution >= 0.6 is 11.3 Å². The van der Waals surface area contributed by atoms with Crippen molar-refractivity contribution < 1.29 is 9.53 Å². The first-order valence-electron chi connectivity index (χ1n) is 9.49. The molecule has 5 heteroatoms. The van der Waals surface area contributed by atoms with E-state index in [9.17, 15) is 10.1 Å². The Morgan fingerprint density at radius 1 is 1.32 bits per heavy atom. The SMILES string of the molecule is COc1ccc(/C=C/C(=O)Nc2sc3c(c2C#N)CCC(C(C)(C)C)C3)cc1. The van der Waals surface area contributed by atoms with Crippen LogP contribution in [0, 0.1) is 22.7 Å². The van der Waals surface area contributed by atoms with Crippen molar-refractivity contribution in [3.05, 3.63) is 51.9 Å². The number of hydrogen-bond acceptors (Lipinski definition) is 4. The number of nitriles is 1. The predicted molar refractivity (Wildman–Crippen MR) is 115 cm³/mol. The molecule has 1 aliphatic carbocycles. The number of methoxy groups -OCH3 is 1. The third-order valence-corrected chi connectivity index (χ3v) is 6.55. The van der Waals surface area contributed by atoms with Gasteiger partial charge in [-0.25, -0.2) is 0 Å². The minimum absolute atomic E-state index is 0.224. The van der Waals surface area contributed by atoms with Gasteiger partial charge in [-0.2, -0.15) is 5.26 Å². The Hall–Kier alpha value is -2.58. The Labute approximate surface area is 170 Å². The van der Waals surface area contributed by atoms with Gasteiger partial charge in [0.25, 0.3) is 0 Å². The monoisotopic (exact) mass is 394 g/mol. The maximum absolute atomic E-state index is 12.4. The normalized spacial score (nSPS) is 16.5. The van der Waals surface area contributed by atoms with Gasteiger partial charge in [-0.3, -0.25) is 4.79 Å². The van der Waals surface area contributed by atoms with E-state index >= 15 is 0 Å². The molecule has 3 rings (SSSR count). The maximum atomic E-state index is 12.4. The molecule has 1 unspecified atom stereocenters. The topological polar surface area (TPSA) is 62.1 Å². The van der Waals surface area contributed by atoms with E-state index in [4.69, 9.17) is 4.74 Å². The fraction of sp³-hybridized carbons (Fsp3) is 0.391. The number of carbonyl (C=O) groups is 1. The summed E-state index contributed by atoms with van der Waals surface area (Å²) in [6.07, 6.45) is 6.24. The van der Waals surface area contributed by atoms with Crippen molar-refractivity contribution in [2.24, 2.45) is 11.3 Å². The van der Waals surface area contributed by atoms with E-state index in [-0.39, 0.29) is 11.3 Å². The molecule has 1 N–H and O–H groups in total. The molecule has 2 aromatic rings. The van der Waals surface area contributed by atoms with Crippen molar-refractivity contribution in [2.75, 3.05) is 12.4 Å². The fourth-order valence-corrected chi connectivity index (χ4v) is 4.85. The van der Waals surface area contributed by atoms with E-state index in [1.807, 2.05) is 24.3 Å². The van der Waals surface area contributed by atoms with E-state index in [2.05, 4.69) is 32.2 Å². The summed E-state index contributed by atoms with van der Waals surface area (Å²) < 4.78 is 5.13. The van der Waals surface area contributed by atoms with E-state index in [0.717, 1.165) is 36.1 Å². The van der Waals surface area contributed by atoms with Gasteiger partial charge in [0.15, 0.2) is 0 Å². The van der Waals surface area contributed by atoms with E-state index in [1.165, 1.54) is 11.0 Å². The summed E-state index contributed by atoms with van der Waals surface area (Å²) >= 11 is 1.56. The highest BCUT2D eigenvalue weighted by atomic mass is 32.1. The van der Waals surface area contributed by atoms with Gasteiger partial charge in [-0.15, -0.1) is 11.3 Å². The van der Waals surface area contributed by atoms with Crippen LogP contribution in [0.25, 0.3) is 6.08 Å². The lowest BCUT2D eigenvalue weighted by Gasteiger charge is -2.33. The van der Waals surface area contributed by atoms with Gasteiger partial charge in [0.2, 0.25) is 5.91 Å². The second-order valence-electron chi connectivity index (χ2n) is 8.22. The molecule has 0 radical (unpaired) electrons. The van der Waals surface area contributed by atoms with Crippen molar-refractivity contribution in [3.8, 4) is 11.8 Å². The predicted octanol–water partition coefficient (Wildman–Crippen LogP) is 5.43. The maximum Gasteiger partial charge on any atom is 0.249 e. The highest BCUT2D eigenvalue weighted by Crippen LogP contribution is 2.43. The third kappa shape index (κ3) is 4.45. The van der Waals surface area contributed by atoms with Crippen LogP contribution in [0.15, 0.2) is 30.3 Å². The van der Waals surface area contributed by atoms with Gasteiger partial charge in [0, 0.05) is 11.0 Å². The Bertz CT molecular complexity index is 927. The summed E-state index contributed by atoms with van der Waals surface area (Å²) in [6, 6.07) is 9.79. The van der Waals surface area contributed by atoms with Crippen molar-refractivity contribution in [3.63, 3.8) is 0 Å². The number of benzene rings is 1. The highest BCUT2D eigenvalue weighted by molar-refractivity contribution is 7.16. The summed E-state index contributed by atoms with van der Waals surface area (Å²) in [5.74, 6) is 1.15. The van der Waals surface area contributed by atoms with Crippen molar-refractivity contribution in [2.45, 2.75) is 40.0 Å². The summed E-state index contributed by atoms with van der Waals surface area (Å²) in [5, 5.41) is 13.2. The van der Waals surface area contributed by atoms with Gasteiger partial charge in [0.05, 0.1) is 12.7 Å². The minimum Gasteiger partial charge on any atom is -0.497 e. The lowest BCUT2D eigenvalue weighted by Crippen LogP contribution is -2.26. The smallest absolute Gasteiger partial charge is 0.249 e. The molecule has 0 bridgehead atoms. The molecule has 1 amide bonds. The zero-order valence-electron chi connectivity index (χ0n) is 16.8. The molecule has 1 atom stereocenters. The quantitative estimate of drug-likeness (QED) is 0.703. The molecule has 4 nitrogen and oxygen atoms in total. The molecule has 1 heterocycles. The largest absolute Gasteiger partial charge is 0.497 e. The van der Waals surface area contributed by atoms with Crippen molar-refractivity contribution >= 4 is 28.3 Å². The first-order valence-corrected chi connectivity index (χ1v) is 10.3. The average Bonchev–Trinajstić information content (AvgIpc) is 3.02. The Morgan fingerprint density at radius 2 is 2.04 bits per heavy atom. The number of fused-ring (bicyclic) bond motifs is 1. The molecule has 146 valence electrons. The van der Waals surface area contributed by atoms with Gasteiger partial charge >= 0.3 is 0 Å². The second-order valence-corrected chi connectivity index (χ2v) is 9.33. The number of hydrogen-bond donors (Lipinski definition) is 1. The molecular formula is C23H26N2O2S. The van der Waals surface area contributed by atoms with Crippen LogP contribution in [0.4, 0.5) is 5.00 Å². The number of nitrogens with one attached hydrogen (secondary N) is 1.